The van der Waals surface area contributed by atoms with E-state index in [1.165, 1.54) is 35.7 Å². The minimum atomic E-state index is -1.11. The number of carbonyl (C=O) groups excluding carboxylic acids is 2. The van der Waals surface area contributed by atoms with Gasteiger partial charge in [0.05, 0.1) is 6.04 Å². The molecule has 162 valence electrons. The van der Waals surface area contributed by atoms with E-state index in [-0.39, 0.29) is 12.2 Å². The van der Waals surface area contributed by atoms with Crippen molar-refractivity contribution in [2.24, 2.45) is 5.73 Å². The van der Waals surface area contributed by atoms with E-state index in [0.29, 0.717) is 24.3 Å². The molecule has 0 saturated carbocycles. The fourth-order valence-electron chi connectivity index (χ4n) is 2.53. The number of thioether (sulfide) groups is 2. The highest BCUT2D eigenvalue weighted by Crippen LogP contribution is 2.11. The van der Waals surface area contributed by atoms with Crippen LogP contribution in [0.5, 0.6) is 5.75 Å². The topological polar surface area (TPSA) is 142 Å². The molecule has 0 aliphatic rings. The zero-order valence-electron chi connectivity index (χ0n) is 16.6. The number of phenolic OH excluding ortho intramolecular Hbond substituents is 1. The van der Waals surface area contributed by atoms with Crippen molar-refractivity contribution >= 4 is 41.3 Å². The number of phenols is 1. The number of rotatable bonds is 13. The predicted molar refractivity (Wildman–Crippen MR) is 117 cm³/mol. The monoisotopic (exact) mass is 443 g/mol. The summed E-state index contributed by atoms with van der Waals surface area (Å²) in [7, 11) is 0. The van der Waals surface area contributed by atoms with E-state index >= 15 is 0 Å². The molecule has 0 aromatic heterocycles. The van der Waals surface area contributed by atoms with Gasteiger partial charge in [0, 0.05) is 0 Å². The van der Waals surface area contributed by atoms with Gasteiger partial charge in [-0.05, 0) is 61.0 Å². The number of benzene rings is 1. The van der Waals surface area contributed by atoms with Crippen LogP contribution in [0.3, 0.4) is 0 Å². The van der Waals surface area contributed by atoms with Crippen molar-refractivity contribution in [3.63, 3.8) is 0 Å². The lowest BCUT2D eigenvalue weighted by Gasteiger charge is -2.22. The molecule has 10 heteroatoms. The number of carboxylic acid groups (broad SMARTS) is 1. The van der Waals surface area contributed by atoms with Gasteiger partial charge in [-0.2, -0.15) is 23.5 Å². The Labute approximate surface area is 179 Å². The number of nitrogens with two attached hydrogens (primary N) is 1. The van der Waals surface area contributed by atoms with E-state index in [9.17, 15) is 24.6 Å². The van der Waals surface area contributed by atoms with Crippen molar-refractivity contribution in [2.45, 2.75) is 37.4 Å². The second-order valence-corrected chi connectivity index (χ2v) is 8.47. The second kappa shape index (κ2) is 13.3. The molecule has 29 heavy (non-hydrogen) atoms. The number of aromatic hydroxyl groups is 1. The summed E-state index contributed by atoms with van der Waals surface area (Å²) in [6.07, 6.45) is 4.64. The Morgan fingerprint density at radius 1 is 0.966 bits per heavy atom. The van der Waals surface area contributed by atoms with Crippen molar-refractivity contribution in [1.82, 2.24) is 10.6 Å². The lowest BCUT2D eigenvalue weighted by atomic mass is 10.0. The summed E-state index contributed by atoms with van der Waals surface area (Å²) >= 11 is 3.01. The predicted octanol–water partition coefficient (Wildman–Crippen LogP) is 0.822. The number of carboxylic acids is 1. The summed E-state index contributed by atoms with van der Waals surface area (Å²) in [6, 6.07) is 3.61. The molecular formula is C19H29N3O5S2. The Morgan fingerprint density at radius 2 is 1.48 bits per heavy atom. The molecule has 1 rings (SSSR count). The maximum Gasteiger partial charge on any atom is 0.326 e. The van der Waals surface area contributed by atoms with E-state index in [1.807, 2.05) is 12.5 Å². The summed E-state index contributed by atoms with van der Waals surface area (Å²) in [5.41, 5.74) is 6.75. The summed E-state index contributed by atoms with van der Waals surface area (Å²) in [6.45, 7) is 0. The maximum atomic E-state index is 12.6. The third kappa shape index (κ3) is 9.42. The normalized spacial score (nSPS) is 13.9. The Bertz CT molecular complexity index is 672. The van der Waals surface area contributed by atoms with Gasteiger partial charge in [-0.25, -0.2) is 4.79 Å². The van der Waals surface area contributed by atoms with Gasteiger partial charge in [-0.1, -0.05) is 12.1 Å². The minimum Gasteiger partial charge on any atom is -0.508 e. The van der Waals surface area contributed by atoms with Crippen LogP contribution in [0.15, 0.2) is 24.3 Å². The first kappa shape index (κ1) is 25.1. The van der Waals surface area contributed by atoms with Crippen LogP contribution in [0.25, 0.3) is 0 Å². The standard InChI is InChI=1S/C19H29N3O5S2/c1-28-9-7-15(18(25)22-16(19(26)27)8-10-29-2)21-17(24)14(20)11-12-3-5-13(23)6-4-12/h3-6,14-16,23H,7-11,20H2,1-2H3,(H,21,24)(H,22,25)(H,26,27)/t14-,15-,16-/m0/s1. The van der Waals surface area contributed by atoms with Gasteiger partial charge in [-0.15, -0.1) is 0 Å². The summed E-state index contributed by atoms with van der Waals surface area (Å²) in [5, 5.41) is 23.8. The molecule has 2 amide bonds. The van der Waals surface area contributed by atoms with Crippen LogP contribution in [-0.2, 0) is 20.8 Å². The van der Waals surface area contributed by atoms with Crippen LogP contribution in [0.2, 0.25) is 0 Å². The molecule has 0 fully saturated rings. The molecule has 0 spiro atoms. The molecule has 8 nitrogen and oxygen atoms in total. The van der Waals surface area contributed by atoms with Crippen molar-refractivity contribution in [2.75, 3.05) is 24.0 Å². The van der Waals surface area contributed by atoms with Gasteiger partial charge in [0.25, 0.3) is 0 Å². The molecule has 0 heterocycles. The minimum absolute atomic E-state index is 0.120. The molecule has 0 saturated heterocycles. The van der Waals surface area contributed by atoms with Crippen LogP contribution < -0.4 is 16.4 Å². The number of aliphatic carboxylic acids is 1. The van der Waals surface area contributed by atoms with E-state index in [1.54, 1.807) is 12.1 Å². The van der Waals surface area contributed by atoms with E-state index in [0.717, 1.165) is 5.56 Å². The Kier molecular flexibility index (Phi) is 11.6. The Hall–Kier alpha value is -1.91. The number of nitrogens with one attached hydrogen (secondary N) is 2. The van der Waals surface area contributed by atoms with Crippen LogP contribution in [0.4, 0.5) is 0 Å². The number of hydrogen-bond donors (Lipinski definition) is 5. The third-order valence-corrected chi connectivity index (χ3v) is 5.49. The average Bonchev–Trinajstić information content (AvgIpc) is 2.69. The fourth-order valence-corrected chi connectivity index (χ4v) is 3.47. The smallest absolute Gasteiger partial charge is 0.326 e. The van der Waals surface area contributed by atoms with E-state index in [4.69, 9.17) is 5.73 Å². The fraction of sp³-hybridized carbons (Fsp3) is 0.526. The molecule has 1 aromatic carbocycles. The van der Waals surface area contributed by atoms with Crippen LogP contribution in [0.1, 0.15) is 18.4 Å². The molecular weight excluding hydrogens is 414 g/mol. The van der Waals surface area contributed by atoms with Gasteiger partial charge < -0.3 is 26.6 Å². The summed E-state index contributed by atoms with van der Waals surface area (Å²) in [5.74, 6) is -0.792. The Morgan fingerprint density at radius 3 is 2.00 bits per heavy atom. The van der Waals surface area contributed by atoms with Crippen LogP contribution in [0, 0.1) is 0 Å². The van der Waals surface area contributed by atoms with Crippen LogP contribution in [-0.4, -0.2) is 70.1 Å². The van der Waals surface area contributed by atoms with Crippen LogP contribution >= 0.6 is 23.5 Å². The molecule has 0 bridgehead atoms. The highest BCUT2D eigenvalue weighted by molar-refractivity contribution is 7.98. The van der Waals surface area contributed by atoms with E-state index < -0.39 is 35.9 Å². The summed E-state index contributed by atoms with van der Waals surface area (Å²) in [4.78, 5) is 36.5. The molecule has 0 radical (unpaired) electrons. The van der Waals surface area contributed by atoms with Crippen molar-refractivity contribution in [3.8, 4) is 5.75 Å². The molecule has 1 aromatic rings. The van der Waals surface area contributed by atoms with Gasteiger partial charge in [0.1, 0.15) is 17.8 Å². The lowest BCUT2D eigenvalue weighted by molar-refractivity contribution is -0.142. The zero-order chi connectivity index (χ0) is 21.8. The van der Waals surface area contributed by atoms with Gasteiger partial charge in [0.2, 0.25) is 11.8 Å². The lowest BCUT2D eigenvalue weighted by Crippen LogP contribution is -2.55. The maximum absolute atomic E-state index is 12.6. The van der Waals surface area contributed by atoms with Crippen molar-refractivity contribution in [1.29, 1.82) is 0 Å². The highest BCUT2D eigenvalue weighted by Gasteiger charge is 2.27. The quantitative estimate of drug-likeness (QED) is 0.302. The molecule has 0 aliphatic heterocycles. The van der Waals surface area contributed by atoms with Gasteiger partial charge in [0.15, 0.2) is 0 Å². The first-order valence-electron chi connectivity index (χ1n) is 9.13. The molecule has 0 aliphatic carbocycles. The second-order valence-electron chi connectivity index (χ2n) is 6.50. The average molecular weight is 444 g/mol. The number of amides is 2. The Balaban J connectivity index is 2.74. The SMILES string of the molecule is CSCC[C@H](NC(=O)[C@H](CCSC)NC(=O)[C@@H](N)Cc1ccc(O)cc1)C(=O)O. The number of carbonyl (C=O) groups is 3. The largest absolute Gasteiger partial charge is 0.508 e. The molecule has 3 atom stereocenters. The van der Waals surface area contributed by atoms with Crippen molar-refractivity contribution < 1.29 is 24.6 Å². The zero-order valence-corrected chi connectivity index (χ0v) is 18.2. The molecule has 6 N–H and O–H groups in total. The van der Waals surface area contributed by atoms with E-state index in [2.05, 4.69) is 10.6 Å². The summed E-state index contributed by atoms with van der Waals surface area (Å²) < 4.78 is 0. The first-order chi connectivity index (χ1) is 13.8. The number of hydrogen-bond acceptors (Lipinski definition) is 7. The van der Waals surface area contributed by atoms with Gasteiger partial charge >= 0.3 is 5.97 Å². The molecule has 0 unspecified atom stereocenters. The van der Waals surface area contributed by atoms with Crippen molar-refractivity contribution in [3.05, 3.63) is 29.8 Å². The third-order valence-electron chi connectivity index (χ3n) is 4.20. The highest BCUT2D eigenvalue weighted by atomic mass is 32.2. The first-order valence-corrected chi connectivity index (χ1v) is 11.9. The van der Waals surface area contributed by atoms with Gasteiger partial charge in [-0.3, -0.25) is 9.59 Å².